The van der Waals surface area contributed by atoms with Gasteiger partial charge in [-0.1, -0.05) is 83.1 Å². The first kappa shape index (κ1) is 16.5. The van der Waals surface area contributed by atoms with Crippen molar-refractivity contribution in [3.8, 4) is 0 Å². The molecule has 0 aliphatic rings. The maximum atomic E-state index is 3.86. The van der Waals surface area contributed by atoms with Gasteiger partial charge in [0.15, 0.2) is 0 Å². The van der Waals surface area contributed by atoms with E-state index in [-0.39, 0.29) is 0 Å². The smallest absolute Gasteiger partial charge is 0.0348 e. The van der Waals surface area contributed by atoms with E-state index in [1.54, 1.807) is 0 Å². The van der Waals surface area contributed by atoms with E-state index in [1.807, 2.05) is 0 Å². The highest BCUT2D eigenvalue weighted by Crippen LogP contribution is 2.07. The van der Waals surface area contributed by atoms with Gasteiger partial charge in [-0.05, 0) is 25.7 Å². The molecule has 0 heteroatoms. The zero-order valence-corrected chi connectivity index (χ0v) is 11.8. The Balaban J connectivity index is 3.13. The van der Waals surface area contributed by atoms with Gasteiger partial charge in [-0.3, -0.25) is 0 Å². The molecule has 0 aromatic carbocycles. The molecule has 0 aliphatic heterocycles. The summed E-state index contributed by atoms with van der Waals surface area (Å²) < 4.78 is 0. The predicted molar refractivity (Wildman–Crippen MR) is 80.1 cm³/mol. The molecule has 0 aromatic heterocycles. The molecule has 0 bridgehead atoms. The summed E-state index contributed by atoms with van der Waals surface area (Å²) >= 11 is 0. The number of hydrogen-bond donors (Lipinski definition) is 0. The van der Waals surface area contributed by atoms with Crippen molar-refractivity contribution in [3.05, 3.63) is 31.2 Å². The molecule has 0 nitrogen and oxygen atoms in total. The van der Waals surface area contributed by atoms with E-state index in [2.05, 4.69) is 38.2 Å². The Morgan fingerprint density at radius 3 is 1.82 bits per heavy atom. The number of unbranched alkanes of at least 4 members (excludes halogenated alkanes) is 9. The molecule has 1 radical (unpaired) electrons. The summed E-state index contributed by atoms with van der Waals surface area (Å²) in [5.41, 5.74) is 0. The zero-order valence-electron chi connectivity index (χ0n) is 11.8. The molecule has 0 unspecified atom stereocenters. The molecule has 0 aliphatic carbocycles. The van der Waals surface area contributed by atoms with E-state index in [1.165, 1.54) is 64.2 Å². The molecule has 0 heterocycles. The third-order valence-corrected chi connectivity index (χ3v) is 2.98. The Bertz CT molecular complexity index is 176. The lowest BCUT2D eigenvalue weighted by molar-refractivity contribution is 0.621. The average Bonchev–Trinajstić information content (AvgIpc) is 2.35. The van der Waals surface area contributed by atoms with Crippen molar-refractivity contribution in [3.63, 3.8) is 0 Å². The van der Waals surface area contributed by atoms with Gasteiger partial charge in [-0.15, -0.1) is 0 Å². The summed E-state index contributed by atoms with van der Waals surface area (Å²) in [5.74, 6) is 0. The fraction of sp³-hybridized carbons (Fsp3) is 0.706. The number of rotatable bonds is 12. The summed E-state index contributed by atoms with van der Waals surface area (Å²) in [4.78, 5) is 0. The van der Waals surface area contributed by atoms with Crippen molar-refractivity contribution >= 4 is 0 Å². The minimum Gasteiger partial charge on any atom is -0.0845 e. The van der Waals surface area contributed by atoms with Gasteiger partial charge in [0.05, 0.1) is 0 Å². The zero-order chi connectivity index (χ0) is 12.6. The maximum Gasteiger partial charge on any atom is -0.0348 e. The van der Waals surface area contributed by atoms with Crippen LogP contribution in [0, 0.1) is 6.92 Å². The summed E-state index contributed by atoms with van der Waals surface area (Å²) in [5, 5.41) is 0. The largest absolute Gasteiger partial charge is 0.0845 e. The number of allylic oxidation sites excluding steroid dienone is 4. The van der Waals surface area contributed by atoms with Crippen molar-refractivity contribution in [1.82, 2.24) is 0 Å². The summed E-state index contributed by atoms with van der Waals surface area (Å²) in [6, 6.07) is 0. The van der Waals surface area contributed by atoms with Crippen molar-refractivity contribution in [2.75, 3.05) is 0 Å². The fourth-order valence-electron chi connectivity index (χ4n) is 1.83. The molecule has 17 heavy (non-hydrogen) atoms. The van der Waals surface area contributed by atoms with Gasteiger partial charge in [0, 0.05) is 0 Å². The molecule has 0 saturated heterocycles. The maximum absolute atomic E-state index is 3.86. The molecule has 0 fully saturated rings. The summed E-state index contributed by atoms with van der Waals surface area (Å²) in [6.45, 7) is 6.11. The quantitative estimate of drug-likeness (QED) is 0.277. The van der Waals surface area contributed by atoms with E-state index in [4.69, 9.17) is 0 Å². The normalized spacial score (nSPS) is 11.9. The van der Waals surface area contributed by atoms with Crippen molar-refractivity contribution in [1.29, 1.82) is 0 Å². The molecule has 0 amide bonds. The second-order valence-corrected chi connectivity index (χ2v) is 4.76. The van der Waals surface area contributed by atoms with Crippen LogP contribution in [0.2, 0.25) is 0 Å². The molecule has 0 atom stereocenters. The fourth-order valence-corrected chi connectivity index (χ4v) is 1.83. The molecule has 0 saturated carbocycles. The second-order valence-electron chi connectivity index (χ2n) is 4.76. The first-order valence-electron chi connectivity index (χ1n) is 7.52. The molecular weight excluding hydrogens is 204 g/mol. The van der Waals surface area contributed by atoms with Crippen LogP contribution in [0.1, 0.15) is 77.6 Å². The Kier molecular flexibility index (Phi) is 15.0. The SMILES string of the molecule is [CH2]CCCCCCC/C=C/C=C/CCCCC. The van der Waals surface area contributed by atoms with Crippen molar-refractivity contribution in [2.45, 2.75) is 77.6 Å². The summed E-state index contributed by atoms with van der Waals surface area (Å²) in [7, 11) is 0. The van der Waals surface area contributed by atoms with Crippen LogP contribution in [-0.4, -0.2) is 0 Å². The van der Waals surface area contributed by atoms with E-state index in [0.717, 1.165) is 6.42 Å². The predicted octanol–water partition coefficient (Wildman–Crippen LogP) is 6.24. The first-order chi connectivity index (χ1) is 8.41. The van der Waals surface area contributed by atoms with Crippen LogP contribution in [0.4, 0.5) is 0 Å². The Hall–Kier alpha value is -0.520. The minimum absolute atomic E-state index is 1.10. The van der Waals surface area contributed by atoms with E-state index in [9.17, 15) is 0 Å². The Morgan fingerprint density at radius 1 is 0.706 bits per heavy atom. The molecular formula is C17H31. The van der Waals surface area contributed by atoms with Crippen LogP contribution in [0.25, 0.3) is 0 Å². The lowest BCUT2D eigenvalue weighted by Gasteiger charge is -1.97. The first-order valence-corrected chi connectivity index (χ1v) is 7.52. The van der Waals surface area contributed by atoms with Crippen LogP contribution in [0.5, 0.6) is 0 Å². The number of hydrogen-bond acceptors (Lipinski definition) is 0. The lowest BCUT2D eigenvalue weighted by atomic mass is 10.1. The third-order valence-electron chi connectivity index (χ3n) is 2.98. The lowest BCUT2D eigenvalue weighted by Crippen LogP contribution is -1.77. The van der Waals surface area contributed by atoms with Crippen LogP contribution in [-0.2, 0) is 0 Å². The molecule has 99 valence electrons. The van der Waals surface area contributed by atoms with Crippen molar-refractivity contribution < 1.29 is 0 Å². The second kappa shape index (κ2) is 15.5. The van der Waals surface area contributed by atoms with Crippen molar-refractivity contribution in [2.24, 2.45) is 0 Å². The highest BCUT2D eigenvalue weighted by Gasteiger charge is 1.87. The highest BCUT2D eigenvalue weighted by molar-refractivity contribution is 5.02. The van der Waals surface area contributed by atoms with Gasteiger partial charge < -0.3 is 0 Å². The van der Waals surface area contributed by atoms with Crippen LogP contribution < -0.4 is 0 Å². The molecule has 0 rings (SSSR count). The molecule has 0 aromatic rings. The molecule has 0 spiro atoms. The van der Waals surface area contributed by atoms with Crippen LogP contribution >= 0.6 is 0 Å². The highest BCUT2D eigenvalue weighted by atomic mass is 13.9. The van der Waals surface area contributed by atoms with E-state index < -0.39 is 0 Å². The average molecular weight is 235 g/mol. The monoisotopic (exact) mass is 235 g/mol. The van der Waals surface area contributed by atoms with Gasteiger partial charge in [0.2, 0.25) is 0 Å². The topological polar surface area (TPSA) is 0 Å². The Labute approximate surface area is 109 Å². The van der Waals surface area contributed by atoms with E-state index >= 15 is 0 Å². The van der Waals surface area contributed by atoms with Crippen LogP contribution in [0.3, 0.4) is 0 Å². The minimum atomic E-state index is 1.10. The third kappa shape index (κ3) is 15.5. The summed E-state index contributed by atoms with van der Waals surface area (Å²) in [6.07, 6.45) is 23.4. The van der Waals surface area contributed by atoms with Gasteiger partial charge >= 0.3 is 0 Å². The van der Waals surface area contributed by atoms with Gasteiger partial charge in [-0.25, -0.2) is 0 Å². The van der Waals surface area contributed by atoms with E-state index in [0.29, 0.717) is 0 Å². The Morgan fingerprint density at radius 2 is 1.24 bits per heavy atom. The van der Waals surface area contributed by atoms with Gasteiger partial charge in [0.25, 0.3) is 0 Å². The van der Waals surface area contributed by atoms with Crippen LogP contribution in [0.15, 0.2) is 24.3 Å². The van der Waals surface area contributed by atoms with Gasteiger partial charge in [0.1, 0.15) is 0 Å². The molecule has 0 N–H and O–H groups in total. The van der Waals surface area contributed by atoms with Gasteiger partial charge in [-0.2, -0.15) is 0 Å². The standard InChI is InChI=1S/C17H31/c1-3-5-7-9-11-13-15-17-16-14-12-10-8-6-4-2/h12,14,16-17H,1,3-11,13,15H2,2H3/b14-12+,17-16+.